The average Bonchev–Trinajstić information content (AvgIpc) is 2.69. The molecule has 1 heterocycles. The van der Waals surface area contributed by atoms with Gasteiger partial charge in [0.1, 0.15) is 0 Å². The van der Waals surface area contributed by atoms with Crippen LogP contribution < -0.4 is 0 Å². The first-order valence-corrected chi connectivity index (χ1v) is 10.3. The van der Waals surface area contributed by atoms with Crippen molar-refractivity contribution in [2.75, 3.05) is 26.2 Å². The zero-order chi connectivity index (χ0) is 22.3. The summed E-state index contributed by atoms with van der Waals surface area (Å²) in [6.07, 6.45) is -4.82. The van der Waals surface area contributed by atoms with Crippen molar-refractivity contribution < 1.29 is 35.2 Å². The van der Waals surface area contributed by atoms with E-state index in [0.717, 1.165) is 34.6 Å². The van der Waals surface area contributed by atoms with Crippen molar-refractivity contribution in [3.05, 3.63) is 64.2 Å². The summed E-state index contributed by atoms with van der Waals surface area (Å²) in [5, 5.41) is -0.622. The summed E-state index contributed by atoms with van der Waals surface area (Å²) in [6.45, 7) is -0.503. The van der Waals surface area contributed by atoms with Crippen LogP contribution in [0.25, 0.3) is 0 Å². The Kier molecular flexibility index (Phi) is 6.08. The van der Waals surface area contributed by atoms with Crippen LogP contribution in [0.2, 0.25) is 5.02 Å². The Labute approximate surface area is 173 Å². The Bertz CT molecular complexity index is 1080. The average molecular weight is 469 g/mol. The Morgan fingerprint density at radius 3 is 2.13 bits per heavy atom. The van der Waals surface area contributed by atoms with Crippen molar-refractivity contribution in [3.63, 3.8) is 0 Å². The molecular weight excluding hydrogens is 455 g/mol. The number of nitrogens with zero attached hydrogens (tertiary/aromatic N) is 2. The molecule has 3 rings (SSSR count). The molecule has 12 heteroatoms. The number of hydrogen-bond acceptors (Lipinski definition) is 3. The van der Waals surface area contributed by atoms with E-state index in [1.807, 2.05) is 0 Å². The van der Waals surface area contributed by atoms with Gasteiger partial charge in [0.2, 0.25) is 10.0 Å². The fraction of sp³-hybridized carbons (Fsp3) is 0.278. The number of piperazine rings is 1. The summed E-state index contributed by atoms with van der Waals surface area (Å²) < 4.78 is 91.8. The number of carbonyl (C=O) groups excluding carboxylic acids is 1. The maximum absolute atomic E-state index is 13.3. The van der Waals surface area contributed by atoms with E-state index in [1.165, 1.54) is 4.90 Å². The highest BCUT2D eigenvalue weighted by molar-refractivity contribution is 7.89. The zero-order valence-electron chi connectivity index (χ0n) is 15.1. The first-order valence-electron chi connectivity index (χ1n) is 8.52. The SMILES string of the molecule is O=C(c1ccc(F)c(F)c1)N1CCN(S(=O)(=O)c2ccc(Cl)c(C(F)(F)F)c2)CC1. The number of rotatable bonds is 3. The van der Waals surface area contributed by atoms with Gasteiger partial charge in [-0.25, -0.2) is 17.2 Å². The van der Waals surface area contributed by atoms with Crippen molar-refractivity contribution >= 4 is 27.5 Å². The van der Waals surface area contributed by atoms with Gasteiger partial charge in [-0.15, -0.1) is 0 Å². The summed E-state index contributed by atoms with van der Waals surface area (Å²) in [6, 6.07) is 4.97. The Morgan fingerprint density at radius 2 is 1.57 bits per heavy atom. The maximum Gasteiger partial charge on any atom is 0.417 e. The smallest absolute Gasteiger partial charge is 0.336 e. The van der Waals surface area contributed by atoms with Gasteiger partial charge in [-0.05, 0) is 36.4 Å². The lowest BCUT2D eigenvalue weighted by Crippen LogP contribution is -2.50. The first-order chi connectivity index (χ1) is 13.9. The molecule has 0 unspecified atom stereocenters. The highest BCUT2D eigenvalue weighted by Crippen LogP contribution is 2.36. The minimum Gasteiger partial charge on any atom is -0.336 e. The molecule has 1 fully saturated rings. The van der Waals surface area contributed by atoms with Gasteiger partial charge in [0.05, 0.1) is 15.5 Å². The van der Waals surface area contributed by atoms with Crippen LogP contribution in [-0.2, 0) is 16.2 Å². The van der Waals surface area contributed by atoms with E-state index in [1.54, 1.807) is 0 Å². The Morgan fingerprint density at radius 1 is 0.933 bits per heavy atom. The second kappa shape index (κ2) is 8.12. The van der Waals surface area contributed by atoms with Crippen LogP contribution in [0.15, 0.2) is 41.3 Å². The summed E-state index contributed by atoms with van der Waals surface area (Å²) in [5.74, 6) is -2.91. The molecular formula is C18H14ClF5N2O3S. The van der Waals surface area contributed by atoms with Gasteiger partial charge in [0, 0.05) is 31.7 Å². The summed E-state index contributed by atoms with van der Waals surface area (Å²) >= 11 is 5.53. The van der Waals surface area contributed by atoms with Gasteiger partial charge in [-0.1, -0.05) is 11.6 Å². The van der Waals surface area contributed by atoms with E-state index >= 15 is 0 Å². The third-order valence-corrected chi connectivity index (χ3v) is 6.80. The molecule has 0 atom stereocenters. The topological polar surface area (TPSA) is 57.7 Å². The highest BCUT2D eigenvalue weighted by Gasteiger charge is 2.36. The number of benzene rings is 2. The largest absolute Gasteiger partial charge is 0.417 e. The first kappa shape index (κ1) is 22.4. The minimum absolute atomic E-state index is 0.0726. The van der Waals surface area contributed by atoms with Crippen LogP contribution in [0.3, 0.4) is 0 Å². The van der Waals surface area contributed by atoms with Crippen LogP contribution in [-0.4, -0.2) is 49.7 Å². The third kappa shape index (κ3) is 4.42. The van der Waals surface area contributed by atoms with Crippen molar-refractivity contribution in [1.82, 2.24) is 9.21 Å². The van der Waals surface area contributed by atoms with Gasteiger partial charge in [-0.2, -0.15) is 17.5 Å². The molecule has 0 spiro atoms. The van der Waals surface area contributed by atoms with Crippen LogP contribution in [0.1, 0.15) is 15.9 Å². The summed E-state index contributed by atoms with van der Waals surface area (Å²) in [5.41, 5.74) is -1.37. The second-order valence-corrected chi connectivity index (χ2v) is 8.81. The molecule has 2 aromatic carbocycles. The van der Waals surface area contributed by atoms with E-state index in [-0.39, 0.29) is 31.7 Å². The van der Waals surface area contributed by atoms with Crippen LogP contribution in [0, 0.1) is 11.6 Å². The van der Waals surface area contributed by atoms with Gasteiger partial charge >= 0.3 is 6.18 Å². The quantitative estimate of drug-likeness (QED) is 0.644. The van der Waals surface area contributed by atoms with Gasteiger partial charge in [0.25, 0.3) is 5.91 Å². The standard InChI is InChI=1S/C18H14ClF5N2O3S/c19-14-3-2-12(10-13(14)18(22,23)24)30(28,29)26-7-5-25(6-8-26)17(27)11-1-4-15(20)16(21)9-11/h1-4,9-10H,5-8H2. The van der Waals surface area contributed by atoms with Crippen molar-refractivity contribution in [2.45, 2.75) is 11.1 Å². The Balaban J connectivity index is 1.75. The summed E-state index contributed by atoms with van der Waals surface area (Å²) in [7, 11) is -4.26. The molecule has 2 aromatic rings. The van der Waals surface area contributed by atoms with E-state index in [0.29, 0.717) is 6.07 Å². The molecule has 5 nitrogen and oxygen atoms in total. The minimum atomic E-state index is -4.82. The second-order valence-electron chi connectivity index (χ2n) is 6.46. The number of alkyl halides is 3. The van der Waals surface area contributed by atoms with E-state index in [9.17, 15) is 35.2 Å². The molecule has 0 N–H and O–H groups in total. The molecule has 0 aromatic heterocycles. The molecule has 0 bridgehead atoms. The number of halogens is 6. The van der Waals surface area contributed by atoms with Crippen LogP contribution in [0.5, 0.6) is 0 Å². The molecule has 1 saturated heterocycles. The molecule has 30 heavy (non-hydrogen) atoms. The molecule has 0 aliphatic carbocycles. The normalized spacial score (nSPS) is 16.0. The van der Waals surface area contributed by atoms with Crippen LogP contribution >= 0.6 is 11.6 Å². The predicted octanol–water partition coefficient (Wildman–Crippen LogP) is 3.78. The third-order valence-electron chi connectivity index (χ3n) is 4.57. The number of sulfonamides is 1. The highest BCUT2D eigenvalue weighted by atomic mass is 35.5. The maximum atomic E-state index is 13.3. The van der Waals surface area contributed by atoms with E-state index in [2.05, 4.69) is 0 Å². The van der Waals surface area contributed by atoms with Crippen molar-refractivity contribution in [1.29, 1.82) is 0 Å². The Hall–Kier alpha value is -2.24. The summed E-state index contributed by atoms with van der Waals surface area (Å²) in [4.78, 5) is 13.1. The molecule has 0 radical (unpaired) electrons. The van der Waals surface area contributed by atoms with E-state index in [4.69, 9.17) is 11.6 Å². The van der Waals surface area contributed by atoms with Crippen molar-refractivity contribution in [3.8, 4) is 0 Å². The monoisotopic (exact) mass is 468 g/mol. The molecule has 1 aliphatic rings. The molecule has 0 saturated carbocycles. The predicted molar refractivity (Wildman–Crippen MR) is 97.5 cm³/mol. The van der Waals surface area contributed by atoms with Crippen LogP contribution in [0.4, 0.5) is 22.0 Å². The number of hydrogen-bond donors (Lipinski definition) is 0. The fourth-order valence-electron chi connectivity index (χ4n) is 2.97. The fourth-order valence-corrected chi connectivity index (χ4v) is 4.65. The lowest BCUT2D eigenvalue weighted by atomic mass is 10.1. The number of carbonyl (C=O) groups is 1. The molecule has 1 amide bonds. The zero-order valence-corrected chi connectivity index (χ0v) is 16.7. The van der Waals surface area contributed by atoms with Gasteiger partial charge < -0.3 is 4.90 Å². The van der Waals surface area contributed by atoms with E-state index < -0.39 is 49.2 Å². The number of amides is 1. The lowest BCUT2D eigenvalue weighted by molar-refractivity contribution is -0.137. The van der Waals surface area contributed by atoms with Gasteiger partial charge in [-0.3, -0.25) is 4.79 Å². The van der Waals surface area contributed by atoms with Crippen molar-refractivity contribution in [2.24, 2.45) is 0 Å². The van der Waals surface area contributed by atoms with Gasteiger partial charge in [0.15, 0.2) is 11.6 Å². The lowest BCUT2D eigenvalue weighted by Gasteiger charge is -2.34. The molecule has 162 valence electrons. The molecule has 1 aliphatic heterocycles.